The maximum atomic E-state index is 14.6. The first kappa shape index (κ1) is 20.9. The second-order valence-corrected chi connectivity index (χ2v) is 8.05. The van der Waals surface area contributed by atoms with Crippen LogP contribution >= 0.6 is 0 Å². The number of fused-ring (bicyclic) bond motifs is 1. The Morgan fingerprint density at radius 1 is 1.24 bits per heavy atom. The van der Waals surface area contributed by atoms with Crippen LogP contribution in [-0.4, -0.2) is 55.4 Å². The number of anilines is 1. The van der Waals surface area contributed by atoms with E-state index in [1.165, 1.54) is 30.1 Å². The summed E-state index contributed by atoms with van der Waals surface area (Å²) in [6.45, 7) is 0.192. The molecule has 1 atom stereocenters. The van der Waals surface area contributed by atoms with Gasteiger partial charge in [0.25, 0.3) is 5.91 Å². The standard InChI is InChI=1S/C21H20FN5O6/c22-15-7-13(9-26-19(15)24-27(21(26)31)10-18(28)29)25-6-5-16(20(25)30)33-14-3-4-17(23-8-14)32-11-12-1-2-12/h3-4,7-9,12,16H,1-2,5-6,10-11H2,(H,28,29)/t16-/m1/s1. The lowest BCUT2D eigenvalue weighted by Gasteiger charge is -2.17. The Morgan fingerprint density at radius 3 is 2.76 bits per heavy atom. The van der Waals surface area contributed by atoms with Gasteiger partial charge in [-0.3, -0.25) is 9.59 Å². The quantitative estimate of drug-likeness (QED) is 0.532. The zero-order valence-corrected chi connectivity index (χ0v) is 17.4. The normalized spacial score (nSPS) is 18.2. The zero-order valence-electron chi connectivity index (χ0n) is 17.4. The second-order valence-electron chi connectivity index (χ2n) is 8.05. The van der Waals surface area contributed by atoms with Gasteiger partial charge in [-0.25, -0.2) is 23.3 Å². The number of rotatable bonds is 8. The minimum Gasteiger partial charge on any atom is -0.480 e. The molecule has 11 nitrogen and oxygen atoms in total. The van der Waals surface area contributed by atoms with Crippen LogP contribution in [0.15, 0.2) is 35.4 Å². The van der Waals surface area contributed by atoms with Gasteiger partial charge in [0.2, 0.25) is 5.88 Å². The van der Waals surface area contributed by atoms with E-state index in [1.807, 2.05) is 0 Å². The second kappa shape index (κ2) is 8.19. The number of nitrogens with zero attached hydrogens (tertiary/aromatic N) is 5. The van der Waals surface area contributed by atoms with E-state index in [1.54, 1.807) is 12.1 Å². The summed E-state index contributed by atoms with van der Waals surface area (Å²) in [5, 5.41) is 12.6. The fourth-order valence-electron chi connectivity index (χ4n) is 3.64. The monoisotopic (exact) mass is 457 g/mol. The Balaban J connectivity index is 1.30. The molecule has 172 valence electrons. The fraction of sp³-hybridized carbons (Fsp3) is 0.381. The maximum absolute atomic E-state index is 14.6. The van der Waals surface area contributed by atoms with Crippen LogP contribution in [0.5, 0.6) is 11.6 Å². The Labute approximate surface area is 186 Å². The van der Waals surface area contributed by atoms with Gasteiger partial charge in [-0.15, -0.1) is 5.10 Å². The van der Waals surface area contributed by atoms with Crippen LogP contribution in [0.4, 0.5) is 10.1 Å². The molecule has 1 aliphatic carbocycles. The highest BCUT2D eigenvalue weighted by Gasteiger charge is 2.35. The lowest BCUT2D eigenvalue weighted by Crippen LogP contribution is -2.33. The van der Waals surface area contributed by atoms with Gasteiger partial charge in [-0.1, -0.05) is 0 Å². The molecule has 5 rings (SSSR count). The predicted octanol–water partition coefficient (Wildman–Crippen LogP) is 1.09. The van der Waals surface area contributed by atoms with Gasteiger partial charge in [0.05, 0.1) is 18.5 Å². The Bertz CT molecular complexity index is 1280. The smallest absolute Gasteiger partial charge is 0.351 e. The highest BCUT2D eigenvalue weighted by atomic mass is 19.1. The summed E-state index contributed by atoms with van der Waals surface area (Å²) in [4.78, 5) is 41.7. The zero-order chi connectivity index (χ0) is 23.1. The van der Waals surface area contributed by atoms with Crippen molar-refractivity contribution in [2.24, 2.45) is 5.92 Å². The number of carbonyl (C=O) groups is 2. The van der Waals surface area contributed by atoms with E-state index in [0.29, 0.717) is 35.3 Å². The number of carboxylic acids is 1. The number of halogens is 1. The van der Waals surface area contributed by atoms with Gasteiger partial charge >= 0.3 is 11.7 Å². The minimum atomic E-state index is -1.28. The van der Waals surface area contributed by atoms with Crippen molar-refractivity contribution in [1.29, 1.82) is 0 Å². The molecule has 0 aromatic carbocycles. The third-order valence-electron chi connectivity index (χ3n) is 5.52. The number of hydrogen-bond donors (Lipinski definition) is 1. The lowest BCUT2D eigenvalue weighted by atomic mass is 10.3. The molecule has 3 aromatic rings. The molecular formula is C21H20FN5O6. The van der Waals surface area contributed by atoms with Crippen LogP contribution in [-0.2, 0) is 16.1 Å². The summed E-state index contributed by atoms with van der Waals surface area (Å²) < 4.78 is 27.5. The largest absolute Gasteiger partial charge is 0.480 e. The summed E-state index contributed by atoms with van der Waals surface area (Å²) >= 11 is 0. The van der Waals surface area contributed by atoms with Crippen molar-refractivity contribution in [3.8, 4) is 11.6 Å². The van der Waals surface area contributed by atoms with E-state index < -0.39 is 36.0 Å². The molecule has 1 aliphatic heterocycles. The summed E-state index contributed by atoms with van der Waals surface area (Å²) in [5.41, 5.74) is -0.989. The molecule has 1 saturated heterocycles. The van der Waals surface area contributed by atoms with Crippen LogP contribution in [0.25, 0.3) is 5.65 Å². The van der Waals surface area contributed by atoms with E-state index in [0.717, 1.165) is 10.5 Å². The number of carbonyl (C=O) groups excluding carboxylic acids is 1. The Kier molecular flexibility index (Phi) is 5.19. The first-order valence-corrected chi connectivity index (χ1v) is 10.5. The van der Waals surface area contributed by atoms with E-state index in [-0.39, 0.29) is 17.9 Å². The first-order valence-electron chi connectivity index (χ1n) is 10.5. The molecule has 0 bridgehead atoms. The number of hydrogen-bond acceptors (Lipinski definition) is 7. The SMILES string of the molecule is O=C(O)Cn1nc2c(F)cc(N3CC[C@@H](Oc4ccc(OCC5CC5)nc4)C3=O)cn2c1=O. The van der Waals surface area contributed by atoms with Gasteiger partial charge in [0.15, 0.2) is 17.6 Å². The van der Waals surface area contributed by atoms with Crippen LogP contribution in [0, 0.1) is 11.7 Å². The van der Waals surface area contributed by atoms with E-state index >= 15 is 0 Å². The molecule has 3 aromatic heterocycles. The average molecular weight is 457 g/mol. The Morgan fingerprint density at radius 2 is 2.06 bits per heavy atom. The van der Waals surface area contributed by atoms with Gasteiger partial charge in [-0.2, -0.15) is 0 Å². The van der Waals surface area contributed by atoms with Gasteiger partial charge in [-0.05, 0) is 24.8 Å². The highest BCUT2D eigenvalue weighted by molar-refractivity contribution is 5.99. The van der Waals surface area contributed by atoms with Crippen molar-refractivity contribution in [3.05, 3.63) is 46.9 Å². The summed E-state index contributed by atoms with van der Waals surface area (Å²) in [5.74, 6) is -1.03. The third-order valence-corrected chi connectivity index (χ3v) is 5.52. The maximum Gasteiger partial charge on any atom is 0.351 e. The minimum absolute atomic E-state index is 0.148. The number of pyridine rings is 2. The first-order chi connectivity index (χ1) is 15.9. The Hall–Kier alpha value is -3.96. The van der Waals surface area contributed by atoms with E-state index in [2.05, 4.69) is 10.1 Å². The molecule has 12 heteroatoms. The van der Waals surface area contributed by atoms with Crippen LogP contribution in [0.3, 0.4) is 0 Å². The third kappa shape index (κ3) is 4.23. The topological polar surface area (TPSA) is 128 Å². The molecule has 0 radical (unpaired) electrons. The van der Waals surface area contributed by atoms with E-state index in [4.69, 9.17) is 14.6 Å². The summed E-state index contributed by atoms with van der Waals surface area (Å²) in [6, 6.07) is 4.44. The van der Waals surface area contributed by atoms with Crippen molar-refractivity contribution < 1.29 is 28.6 Å². The molecule has 2 aliphatic rings. The van der Waals surface area contributed by atoms with Crippen molar-refractivity contribution in [2.45, 2.75) is 31.9 Å². The van der Waals surface area contributed by atoms with Crippen molar-refractivity contribution >= 4 is 23.2 Å². The summed E-state index contributed by atoms with van der Waals surface area (Å²) in [6.07, 6.45) is 4.66. The number of aliphatic carboxylic acids is 1. The van der Waals surface area contributed by atoms with E-state index in [9.17, 15) is 18.8 Å². The molecule has 1 amide bonds. The van der Waals surface area contributed by atoms with Crippen LogP contribution < -0.4 is 20.1 Å². The van der Waals surface area contributed by atoms with Gasteiger partial charge in [0, 0.05) is 31.3 Å². The molecular weight excluding hydrogens is 437 g/mol. The number of aromatic nitrogens is 4. The van der Waals surface area contributed by atoms with Crippen molar-refractivity contribution in [2.75, 3.05) is 18.1 Å². The van der Waals surface area contributed by atoms with Crippen LogP contribution in [0.1, 0.15) is 19.3 Å². The van der Waals surface area contributed by atoms with Crippen molar-refractivity contribution in [1.82, 2.24) is 19.2 Å². The number of amides is 1. The number of ether oxygens (including phenoxy) is 2. The lowest BCUT2D eigenvalue weighted by molar-refractivity contribution is -0.138. The van der Waals surface area contributed by atoms with Crippen molar-refractivity contribution in [3.63, 3.8) is 0 Å². The van der Waals surface area contributed by atoms with Gasteiger partial charge in [0.1, 0.15) is 12.3 Å². The highest BCUT2D eigenvalue weighted by Crippen LogP contribution is 2.30. The molecule has 1 saturated carbocycles. The molecule has 4 heterocycles. The summed E-state index contributed by atoms with van der Waals surface area (Å²) in [7, 11) is 0. The fourth-order valence-corrected chi connectivity index (χ4v) is 3.64. The molecule has 2 fully saturated rings. The molecule has 0 spiro atoms. The van der Waals surface area contributed by atoms with Gasteiger partial charge < -0.3 is 19.5 Å². The van der Waals surface area contributed by atoms with Crippen LogP contribution in [0.2, 0.25) is 0 Å². The molecule has 33 heavy (non-hydrogen) atoms. The predicted molar refractivity (Wildman–Crippen MR) is 111 cm³/mol. The molecule has 1 N–H and O–H groups in total. The molecule has 0 unspecified atom stereocenters. The average Bonchev–Trinajstić information content (AvgIpc) is 3.48. The number of carboxylic acid groups (broad SMARTS) is 1.